The van der Waals surface area contributed by atoms with Crippen LogP contribution in [0.3, 0.4) is 0 Å². The smallest absolute Gasteiger partial charge is 0.148 e. The average molecular weight is 472 g/mol. The van der Waals surface area contributed by atoms with Crippen molar-refractivity contribution in [2.24, 2.45) is 15.9 Å². The SMILES string of the molecule is C.COCC(N)=N/N=C/c1ccc2ncnc(Nc3ccc(Oc4ccc(C)nc4)c(C)c3)c2c1. The molecule has 9 heteroatoms. The summed E-state index contributed by atoms with van der Waals surface area (Å²) in [5.41, 5.74) is 10.1. The number of nitrogens with two attached hydrogens (primary N) is 1. The van der Waals surface area contributed by atoms with Gasteiger partial charge in [-0.15, -0.1) is 5.10 Å². The first kappa shape index (κ1) is 25.3. The Morgan fingerprint density at radius 1 is 1.06 bits per heavy atom. The van der Waals surface area contributed by atoms with Gasteiger partial charge < -0.3 is 20.5 Å². The van der Waals surface area contributed by atoms with Crippen molar-refractivity contribution in [3.05, 3.63) is 77.9 Å². The van der Waals surface area contributed by atoms with Crippen molar-refractivity contribution >= 4 is 34.5 Å². The lowest BCUT2D eigenvalue weighted by atomic mass is 10.1. The topological polar surface area (TPSA) is 120 Å². The molecular formula is C26H29N7O2. The van der Waals surface area contributed by atoms with Gasteiger partial charge in [-0.2, -0.15) is 5.10 Å². The van der Waals surface area contributed by atoms with Crippen LogP contribution in [0.4, 0.5) is 11.5 Å². The number of aryl methyl sites for hydroxylation is 2. The molecule has 0 amide bonds. The average Bonchev–Trinajstić information content (AvgIpc) is 2.83. The minimum atomic E-state index is 0. The maximum atomic E-state index is 5.97. The lowest BCUT2D eigenvalue weighted by Gasteiger charge is -2.12. The molecule has 0 radical (unpaired) electrons. The zero-order valence-corrected chi connectivity index (χ0v) is 19.2. The number of ether oxygens (including phenoxy) is 2. The van der Waals surface area contributed by atoms with Crippen LogP contribution in [0.15, 0.2) is 71.3 Å². The number of nitrogens with zero attached hydrogens (tertiary/aromatic N) is 5. The molecule has 0 bridgehead atoms. The molecule has 0 aliphatic heterocycles. The van der Waals surface area contributed by atoms with E-state index in [1.807, 2.05) is 62.4 Å². The van der Waals surface area contributed by atoms with Crippen LogP contribution in [0, 0.1) is 13.8 Å². The second kappa shape index (κ2) is 11.7. The number of hydrogen-bond donors (Lipinski definition) is 2. The van der Waals surface area contributed by atoms with E-state index in [4.69, 9.17) is 15.2 Å². The summed E-state index contributed by atoms with van der Waals surface area (Å²) in [5, 5.41) is 12.2. The second-order valence-corrected chi connectivity index (χ2v) is 7.61. The molecule has 0 aliphatic carbocycles. The number of aromatic nitrogens is 3. The van der Waals surface area contributed by atoms with Crippen molar-refractivity contribution in [1.29, 1.82) is 0 Å². The van der Waals surface area contributed by atoms with Gasteiger partial charge >= 0.3 is 0 Å². The molecule has 3 N–H and O–H groups in total. The fraction of sp³-hybridized carbons (Fsp3) is 0.192. The van der Waals surface area contributed by atoms with Crippen LogP contribution < -0.4 is 15.8 Å². The first-order valence-electron chi connectivity index (χ1n) is 10.6. The number of methoxy groups -OCH3 is 1. The minimum absolute atomic E-state index is 0. The lowest BCUT2D eigenvalue weighted by Crippen LogP contribution is -2.17. The maximum Gasteiger partial charge on any atom is 0.148 e. The van der Waals surface area contributed by atoms with Crippen molar-refractivity contribution in [3.8, 4) is 11.5 Å². The van der Waals surface area contributed by atoms with Crippen molar-refractivity contribution < 1.29 is 9.47 Å². The van der Waals surface area contributed by atoms with Crippen molar-refractivity contribution in [2.75, 3.05) is 19.0 Å². The summed E-state index contributed by atoms with van der Waals surface area (Å²) >= 11 is 0. The molecule has 35 heavy (non-hydrogen) atoms. The van der Waals surface area contributed by atoms with Crippen LogP contribution in [0.5, 0.6) is 11.5 Å². The maximum absolute atomic E-state index is 5.97. The van der Waals surface area contributed by atoms with E-state index < -0.39 is 0 Å². The van der Waals surface area contributed by atoms with E-state index in [0.717, 1.165) is 39.2 Å². The van der Waals surface area contributed by atoms with Gasteiger partial charge in [0.25, 0.3) is 0 Å². The largest absolute Gasteiger partial charge is 0.455 e. The Balaban J connectivity index is 0.00000342. The third kappa shape index (κ3) is 6.58. The van der Waals surface area contributed by atoms with Crippen molar-refractivity contribution in [2.45, 2.75) is 21.3 Å². The van der Waals surface area contributed by atoms with Gasteiger partial charge in [-0.3, -0.25) is 4.98 Å². The molecule has 0 atom stereocenters. The van der Waals surface area contributed by atoms with Gasteiger partial charge in [0.15, 0.2) is 0 Å². The van der Waals surface area contributed by atoms with Crippen LogP contribution in [0.25, 0.3) is 10.9 Å². The summed E-state index contributed by atoms with van der Waals surface area (Å²) in [6, 6.07) is 15.4. The Morgan fingerprint density at radius 3 is 2.66 bits per heavy atom. The summed E-state index contributed by atoms with van der Waals surface area (Å²) in [6.45, 7) is 4.15. The van der Waals surface area contributed by atoms with E-state index in [0.29, 0.717) is 17.4 Å². The normalized spacial score (nSPS) is 11.5. The molecule has 0 aliphatic rings. The Morgan fingerprint density at radius 2 is 1.91 bits per heavy atom. The van der Waals surface area contributed by atoms with Gasteiger partial charge in [0.1, 0.15) is 36.1 Å². The number of anilines is 2. The predicted octanol–water partition coefficient (Wildman–Crippen LogP) is 5.15. The summed E-state index contributed by atoms with van der Waals surface area (Å²) in [5.74, 6) is 2.43. The third-order valence-corrected chi connectivity index (χ3v) is 4.89. The number of rotatable bonds is 8. The highest BCUT2D eigenvalue weighted by atomic mass is 16.5. The highest BCUT2D eigenvalue weighted by Gasteiger charge is 2.08. The first-order chi connectivity index (χ1) is 16.5. The van der Waals surface area contributed by atoms with Gasteiger partial charge in [-0.25, -0.2) is 9.97 Å². The minimum Gasteiger partial charge on any atom is -0.455 e. The fourth-order valence-electron chi connectivity index (χ4n) is 3.22. The van der Waals surface area contributed by atoms with E-state index in [2.05, 4.69) is 30.5 Å². The number of nitrogens with one attached hydrogen (secondary N) is 1. The van der Waals surface area contributed by atoms with Gasteiger partial charge in [0.05, 0.1) is 17.9 Å². The number of hydrogen-bond acceptors (Lipinski definition) is 8. The standard InChI is InChI=1S/C25H25N7O2.CH4/c1-16-10-19(6-9-23(16)34-20-7-4-17(2)27-13-20)31-25-21-11-18(5-8-22(21)28-15-29-25)12-30-32-24(26)14-33-3;/h4-13,15H,14H2,1-3H3,(H2,26,32)(H,28,29,31);1H4/b30-12+;. The summed E-state index contributed by atoms with van der Waals surface area (Å²) in [6.07, 6.45) is 4.87. The molecule has 9 nitrogen and oxygen atoms in total. The number of fused-ring (bicyclic) bond motifs is 1. The first-order valence-corrected chi connectivity index (χ1v) is 10.6. The van der Waals surface area contributed by atoms with Gasteiger partial charge in [-0.05, 0) is 67.4 Å². The molecule has 0 unspecified atom stereocenters. The monoisotopic (exact) mass is 471 g/mol. The number of pyridine rings is 1. The molecule has 180 valence electrons. The fourth-order valence-corrected chi connectivity index (χ4v) is 3.22. The Labute approximate surface area is 204 Å². The zero-order valence-electron chi connectivity index (χ0n) is 19.2. The van der Waals surface area contributed by atoms with Crippen molar-refractivity contribution in [1.82, 2.24) is 15.0 Å². The molecule has 4 aromatic rings. The summed E-state index contributed by atoms with van der Waals surface area (Å²) in [7, 11) is 1.55. The van der Waals surface area contributed by atoms with E-state index in [1.54, 1.807) is 19.5 Å². The summed E-state index contributed by atoms with van der Waals surface area (Å²) < 4.78 is 10.9. The van der Waals surface area contributed by atoms with Crippen LogP contribution in [-0.2, 0) is 4.74 Å². The summed E-state index contributed by atoms with van der Waals surface area (Å²) in [4.78, 5) is 13.1. The number of benzene rings is 2. The highest BCUT2D eigenvalue weighted by molar-refractivity contribution is 5.95. The van der Waals surface area contributed by atoms with Gasteiger partial charge in [0, 0.05) is 23.9 Å². The predicted molar refractivity (Wildman–Crippen MR) is 141 cm³/mol. The quantitative estimate of drug-likeness (QED) is 0.207. The molecular weight excluding hydrogens is 442 g/mol. The molecule has 0 fully saturated rings. The van der Waals surface area contributed by atoms with Crippen LogP contribution in [0.2, 0.25) is 0 Å². The van der Waals surface area contributed by atoms with E-state index in [9.17, 15) is 0 Å². The van der Waals surface area contributed by atoms with Crippen LogP contribution >= 0.6 is 0 Å². The van der Waals surface area contributed by atoms with Crippen LogP contribution in [0.1, 0.15) is 24.2 Å². The second-order valence-electron chi connectivity index (χ2n) is 7.61. The molecule has 0 saturated carbocycles. The zero-order chi connectivity index (χ0) is 23.9. The van der Waals surface area contributed by atoms with Gasteiger partial charge in [-0.1, -0.05) is 13.5 Å². The molecule has 2 heterocycles. The number of amidine groups is 1. The molecule has 4 rings (SSSR count). The van der Waals surface area contributed by atoms with E-state index in [1.165, 1.54) is 6.33 Å². The molecule has 0 spiro atoms. The molecule has 0 saturated heterocycles. The third-order valence-electron chi connectivity index (χ3n) is 4.89. The van der Waals surface area contributed by atoms with Gasteiger partial charge in [0.2, 0.25) is 0 Å². The Bertz CT molecular complexity index is 1350. The molecule has 2 aromatic heterocycles. The lowest BCUT2D eigenvalue weighted by molar-refractivity contribution is 0.244. The Hall–Kier alpha value is -4.37. The van der Waals surface area contributed by atoms with E-state index >= 15 is 0 Å². The van der Waals surface area contributed by atoms with Crippen molar-refractivity contribution in [3.63, 3.8) is 0 Å². The Kier molecular flexibility index (Phi) is 8.42. The van der Waals surface area contributed by atoms with Crippen LogP contribution in [-0.4, -0.2) is 40.7 Å². The highest BCUT2D eigenvalue weighted by Crippen LogP contribution is 2.29. The van der Waals surface area contributed by atoms with E-state index in [-0.39, 0.29) is 14.0 Å². The molecule has 2 aromatic carbocycles.